The smallest absolute Gasteiger partial charge is 0.146 e. The standard InChI is InChI=1S/C11H7BrClNO/c12-8-5-9(7-14-6-8)15-11-4-2-1-3-10(11)13/h1-7H. The van der Waals surface area contributed by atoms with Crippen LogP contribution in [0.4, 0.5) is 0 Å². The van der Waals surface area contributed by atoms with Crippen molar-refractivity contribution in [1.82, 2.24) is 4.98 Å². The van der Waals surface area contributed by atoms with Crippen molar-refractivity contribution in [2.45, 2.75) is 0 Å². The van der Waals surface area contributed by atoms with Crippen molar-refractivity contribution in [1.29, 1.82) is 0 Å². The van der Waals surface area contributed by atoms with Gasteiger partial charge in [0, 0.05) is 10.7 Å². The van der Waals surface area contributed by atoms with Crippen molar-refractivity contribution >= 4 is 27.5 Å². The van der Waals surface area contributed by atoms with Crippen LogP contribution >= 0.6 is 27.5 Å². The number of pyridine rings is 1. The average molecular weight is 285 g/mol. The van der Waals surface area contributed by atoms with E-state index in [-0.39, 0.29) is 0 Å². The summed E-state index contributed by atoms with van der Waals surface area (Å²) in [5.74, 6) is 1.27. The fourth-order valence-corrected chi connectivity index (χ4v) is 1.62. The molecule has 2 rings (SSSR count). The fraction of sp³-hybridized carbons (Fsp3) is 0. The summed E-state index contributed by atoms with van der Waals surface area (Å²) in [6.07, 6.45) is 3.33. The van der Waals surface area contributed by atoms with E-state index in [4.69, 9.17) is 16.3 Å². The normalized spacial score (nSPS) is 10.0. The molecular formula is C11H7BrClNO. The molecule has 1 heterocycles. The molecule has 0 saturated carbocycles. The first-order chi connectivity index (χ1) is 7.25. The van der Waals surface area contributed by atoms with Crippen LogP contribution in [0.1, 0.15) is 0 Å². The molecule has 0 fully saturated rings. The molecule has 0 bridgehead atoms. The van der Waals surface area contributed by atoms with Gasteiger partial charge in [-0.2, -0.15) is 0 Å². The zero-order valence-corrected chi connectivity index (χ0v) is 9.99. The van der Waals surface area contributed by atoms with E-state index in [1.807, 2.05) is 24.3 Å². The van der Waals surface area contributed by atoms with E-state index >= 15 is 0 Å². The van der Waals surface area contributed by atoms with E-state index in [2.05, 4.69) is 20.9 Å². The highest BCUT2D eigenvalue weighted by atomic mass is 79.9. The Kier molecular flexibility index (Phi) is 3.23. The molecule has 2 aromatic rings. The van der Waals surface area contributed by atoms with Crippen LogP contribution in [-0.2, 0) is 0 Å². The number of ether oxygens (including phenoxy) is 1. The van der Waals surface area contributed by atoms with Gasteiger partial charge in [-0.05, 0) is 34.1 Å². The van der Waals surface area contributed by atoms with Gasteiger partial charge < -0.3 is 4.74 Å². The highest BCUT2D eigenvalue weighted by Crippen LogP contribution is 2.29. The number of hydrogen-bond donors (Lipinski definition) is 0. The third-order valence-electron chi connectivity index (χ3n) is 1.74. The first kappa shape index (κ1) is 10.5. The lowest BCUT2D eigenvalue weighted by Gasteiger charge is -2.06. The fourth-order valence-electron chi connectivity index (χ4n) is 1.10. The Morgan fingerprint density at radius 2 is 2.00 bits per heavy atom. The SMILES string of the molecule is Clc1ccccc1Oc1cncc(Br)c1. The molecule has 0 unspecified atom stereocenters. The first-order valence-electron chi connectivity index (χ1n) is 4.28. The van der Waals surface area contributed by atoms with Crippen LogP contribution in [0.15, 0.2) is 47.2 Å². The summed E-state index contributed by atoms with van der Waals surface area (Å²) >= 11 is 9.28. The van der Waals surface area contributed by atoms with Gasteiger partial charge in [-0.15, -0.1) is 0 Å². The van der Waals surface area contributed by atoms with Crippen molar-refractivity contribution < 1.29 is 4.74 Å². The van der Waals surface area contributed by atoms with Crippen LogP contribution in [-0.4, -0.2) is 4.98 Å². The molecule has 0 amide bonds. The molecule has 0 atom stereocenters. The van der Waals surface area contributed by atoms with E-state index in [1.54, 1.807) is 18.5 Å². The third kappa shape index (κ3) is 2.70. The molecule has 0 aliphatic heterocycles. The second-order valence-corrected chi connectivity index (χ2v) is 4.19. The molecule has 0 aliphatic rings. The number of nitrogens with zero attached hydrogens (tertiary/aromatic N) is 1. The molecule has 0 N–H and O–H groups in total. The Balaban J connectivity index is 2.26. The van der Waals surface area contributed by atoms with E-state index < -0.39 is 0 Å². The van der Waals surface area contributed by atoms with Crippen molar-refractivity contribution in [3.05, 3.63) is 52.2 Å². The van der Waals surface area contributed by atoms with Gasteiger partial charge in [-0.1, -0.05) is 23.7 Å². The van der Waals surface area contributed by atoms with Crippen molar-refractivity contribution in [3.63, 3.8) is 0 Å². The number of para-hydroxylation sites is 1. The molecule has 0 radical (unpaired) electrons. The van der Waals surface area contributed by atoms with E-state index in [0.29, 0.717) is 16.5 Å². The van der Waals surface area contributed by atoms with Crippen LogP contribution in [0.25, 0.3) is 0 Å². The third-order valence-corrected chi connectivity index (χ3v) is 2.49. The van der Waals surface area contributed by atoms with Gasteiger partial charge in [0.1, 0.15) is 11.5 Å². The summed E-state index contributed by atoms with van der Waals surface area (Å²) in [6.45, 7) is 0. The average Bonchev–Trinajstić information content (AvgIpc) is 2.22. The van der Waals surface area contributed by atoms with Gasteiger partial charge in [0.05, 0.1) is 11.2 Å². The number of hydrogen-bond acceptors (Lipinski definition) is 2. The largest absolute Gasteiger partial charge is 0.454 e. The van der Waals surface area contributed by atoms with Gasteiger partial charge in [-0.3, -0.25) is 4.98 Å². The molecule has 0 spiro atoms. The summed E-state index contributed by atoms with van der Waals surface area (Å²) in [4.78, 5) is 4.00. The highest BCUT2D eigenvalue weighted by molar-refractivity contribution is 9.10. The summed E-state index contributed by atoms with van der Waals surface area (Å²) < 4.78 is 6.43. The highest BCUT2D eigenvalue weighted by Gasteiger charge is 2.02. The number of aromatic nitrogens is 1. The molecule has 1 aromatic carbocycles. The quantitative estimate of drug-likeness (QED) is 0.821. The minimum Gasteiger partial charge on any atom is -0.454 e. The number of halogens is 2. The summed E-state index contributed by atoms with van der Waals surface area (Å²) in [5.41, 5.74) is 0. The second kappa shape index (κ2) is 4.64. The minimum atomic E-state index is 0.581. The maximum atomic E-state index is 5.96. The maximum Gasteiger partial charge on any atom is 0.146 e. The lowest BCUT2D eigenvalue weighted by atomic mass is 10.3. The predicted molar refractivity (Wildman–Crippen MR) is 63.5 cm³/mol. The van der Waals surface area contributed by atoms with Crippen molar-refractivity contribution in [3.8, 4) is 11.5 Å². The molecule has 76 valence electrons. The van der Waals surface area contributed by atoms with Gasteiger partial charge in [-0.25, -0.2) is 0 Å². The van der Waals surface area contributed by atoms with Crippen molar-refractivity contribution in [2.24, 2.45) is 0 Å². The maximum absolute atomic E-state index is 5.96. The van der Waals surface area contributed by atoms with E-state index in [0.717, 1.165) is 4.47 Å². The van der Waals surface area contributed by atoms with Gasteiger partial charge in [0.2, 0.25) is 0 Å². The Labute approximate surface area is 101 Å². The molecule has 0 aliphatic carbocycles. The lowest BCUT2D eigenvalue weighted by Crippen LogP contribution is -1.85. The van der Waals surface area contributed by atoms with Crippen LogP contribution in [0.3, 0.4) is 0 Å². The lowest BCUT2D eigenvalue weighted by molar-refractivity contribution is 0.480. The first-order valence-corrected chi connectivity index (χ1v) is 5.46. The molecule has 4 heteroatoms. The zero-order chi connectivity index (χ0) is 10.7. The van der Waals surface area contributed by atoms with Gasteiger partial charge in [0.15, 0.2) is 0 Å². The number of rotatable bonds is 2. The minimum absolute atomic E-state index is 0.581. The van der Waals surface area contributed by atoms with Crippen LogP contribution < -0.4 is 4.74 Å². The van der Waals surface area contributed by atoms with Crippen LogP contribution in [0.2, 0.25) is 5.02 Å². The Hall–Kier alpha value is -1.06. The Morgan fingerprint density at radius 3 is 2.73 bits per heavy atom. The molecular weight excluding hydrogens is 277 g/mol. The second-order valence-electron chi connectivity index (χ2n) is 2.87. The molecule has 1 aromatic heterocycles. The summed E-state index contributed by atoms with van der Waals surface area (Å²) in [7, 11) is 0. The zero-order valence-electron chi connectivity index (χ0n) is 7.65. The van der Waals surface area contributed by atoms with Gasteiger partial charge in [0.25, 0.3) is 0 Å². The van der Waals surface area contributed by atoms with E-state index in [9.17, 15) is 0 Å². The molecule has 15 heavy (non-hydrogen) atoms. The van der Waals surface area contributed by atoms with E-state index in [1.165, 1.54) is 0 Å². The van der Waals surface area contributed by atoms with Gasteiger partial charge >= 0.3 is 0 Å². The topological polar surface area (TPSA) is 22.1 Å². The van der Waals surface area contributed by atoms with Crippen LogP contribution in [0, 0.1) is 0 Å². The summed E-state index contributed by atoms with van der Waals surface area (Å²) in [6, 6.07) is 9.14. The molecule has 0 saturated heterocycles. The molecule has 2 nitrogen and oxygen atoms in total. The van der Waals surface area contributed by atoms with Crippen LogP contribution in [0.5, 0.6) is 11.5 Å². The Morgan fingerprint density at radius 1 is 1.20 bits per heavy atom. The Bertz CT molecular complexity index is 476. The number of benzene rings is 1. The summed E-state index contributed by atoms with van der Waals surface area (Å²) in [5, 5.41) is 0.581. The predicted octanol–water partition coefficient (Wildman–Crippen LogP) is 4.29. The van der Waals surface area contributed by atoms with Crippen molar-refractivity contribution in [2.75, 3.05) is 0 Å². The monoisotopic (exact) mass is 283 g/mol.